The fraction of sp³-hybridized carbons (Fsp3) is 0.222. The first kappa shape index (κ1) is 20.7. The molecule has 0 aliphatic heterocycles. The second-order valence-electron chi connectivity index (χ2n) is 5.51. The fourth-order valence-corrected chi connectivity index (χ4v) is 3.24. The van der Waals surface area contributed by atoms with E-state index in [1.165, 1.54) is 6.21 Å². The molecule has 0 heterocycles. The van der Waals surface area contributed by atoms with E-state index >= 15 is 0 Å². The Morgan fingerprint density at radius 1 is 1.22 bits per heavy atom. The predicted molar refractivity (Wildman–Crippen MR) is 107 cm³/mol. The van der Waals surface area contributed by atoms with Gasteiger partial charge in [0.15, 0.2) is 0 Å². The molecule has 7 nitrogen and oxygen atoms in total. The maximum absolute atomic E-state index is 12.1. The number of nitrogens with one attached hydrogen (secondary N) is 1. The summed E-state index contributed by atoms with van der Waals surface area (Å²) in [5.41, 5.74) is 3.29. The standard InChI is InChI=1S/C18H20ClN3O4S/c1-3-26-16-10-8-15(9-11-16)22(27(2,24)25)13-18(23)21-20-12-14-6-4-5-7-17(14)19/h4-12H,3,13H2,1-2H3,(H,21,23)/b20-12-. The molecule has 0 radical (unpaired) electrons. The Labute approximate surface area is 163 Å². The van der Waals surface area contributed by atoms with Gasteiger partial charge in [0.25, 0.3) is 5.91 Å². The van der Waals surface area contributed by atoms with Crippen LogP contribution in [-0.2, 0) is 14.8 Å². The quantitative estimate of drug-likeness (QED) is 0.536. The van der Waals surface area contributed by atoms with E-state index in [4.69, 9.17) is 16.3 Å². The monoisotopic (exact) mass is 409 g/mol. The summed E-state index contributed by atoms with van der Waals surface area (Å²) in [7, 11) is -3.66. The highest BCUT2D eigenvalue weighted by Gasteiger charge is 2.20. The molecule has 0 saturated heterocycles. The van der Waals surface area contributed by atoms with E-state index in [9.17, 15) is 13.2 Å². The highest BCUT2D eigenvalue weighted by atomic mass is 35.5. The Bertz CT molecular complexity index is 914. The zero-order valence-electron chi connectivity index (χ0n) is 14.9. The Morgan fingerprint density at radius 3 is 2.48 bits per heavy atom. The summed E-state index contributed by atoms with van der Waals surface area (Å²) in [6.07, 6.45) is 2.42. The Kier molecular flexibility index (Phi) is 7.20. The summed E-state index contributed by atoms with van der Waals surface area (Å²) in [6.45, 7) is 1.94. The number of carbonyl (C=O) groups is 1. The predicted octanol–water partition coefficient (Wildman–Crippen LogP) is 2.66. The normalized spacial score (nSPS) is 11.4. The van der Waals surface area contributed by atoms with Crippen molar-refractivity contribution in [1.82, 2.24) is 5.43 Å². The summed E-state index contributed by atoms with van der Waals surface area (Å²) < 4.78 is 30.5. The van der Waals surface area contributed by atoms with E-state index < -0.39 is 22.5 Å². The molecule has 1 N–H and O–H groups in total. The van der Waals surface area contributed by atoms with Crippen LogP contribution in [0.15, 0.2) is 53.6 Å². The average molecular weight is 410 g/mol. The van der Waals surface area contributed by atoms with E-state index in [1.807, 2.05) is 6.92 Å². The number of hydrogen-bond donors (Lipinski definition) is 1. The molecular weight excluding hydrogens is 390 g/mol. The molecule has 1 amide bonds. The van der Waals surface area contributed by atoms with Crippen molar-refractivity contribution in [3.05, 3.63) is 59.1 Å². The number of benzene rings is 2. The van der Waals surface area contributed by atoms with Gasteiger partial charge in [0, 0.05) is 10.6 Å². The first-order valence-corrected chi connectivity index (χ1v) is 10.3. The van der Waals surface area contributed by atoms with Crippen molar-refractivity contribution in [2.45, 2.75) is 6.92 Å². The maximum atomic E-state index is 12.1. The minimum absolute atomic E-state index is 0.353. The molecule has 9 heteroatoms. The van der Waals surface area contributed by atoms with Gasteiger partial charge in [-0.3, -0.25) is 9.10 Å². The van der Waals surface area contributed by atoms with E-state index in [1.54, 1.807) is 48.5 Å². The summed E-state index contributed by atoms with van der Waals surface area (Å²) in [5, 5.41) is 4.31. The van der Waals surface area contributed by atoms with Crippen molar-refractivity contribution in [2.75, 3.05) is 23.7 Å². The van der Waals surface area contributed by atoms with Crippen molar-refractivity contribution in [2.24, 2.45) is 5.10 Å². The number of nitrogens with zero attached hydrogens (tertiary/aromatic N) is 2. The van der Waals surface area contributed by atoms with Gasteiger partial charge in [-0.1, -0.05) is 29.8 Å². The second kappa shape index (κ2) is 9.38. The molecule has 2 aromatic carbocycles. The Hall–Kier alpha value is -2.58. The lowest BCUT2D eigenvalue weighted by atomic mass is 10.2. The first-order valence-electron chi connectivity index (χ1n) is 8.08. The maximum Gasteiger partial charge on any atom is 0.260 e. The van der Waals surface area contributed by atoms with E-state index in [2.05, 4.69) is 10.5 Å². The third-order valence-electron chi connectivity index (χ3n) is 3.42. The van der Waals surface area contributed by atoms with Gasteiger partial charge < -0.3 is 4.74 Å². The molecule has 144 valence electrons. The van der Waals surface area contributed by atoms with Crippen molar-refractivity contribution < 1.29 is 17.9 Å². The van der Waals surface area contributed by atoms with Gasteiger partial charge in [0.2, 0.25) is 10.0 Å². The molecule has 0 aromatic heterocycles. The van der Waals surface area contributed by atoms with Crippen LogP contribution in [0.4, 0.5) is 5.69 Å². The molecule has 0 spiro atoms. The van der Waals surface area contributed by atoms with Crippen molar-refractivity contribution >= 4 is 39.4 Å². The van der Waals surface area contributed by atoms with Gasteiger partial charge in [-0.25, -0.2) is 13.8 Å². The molecular formula is C18H20ClN3O4S. The molecule has 0 aliphatic carbocycles. The molecule has 0 atom stereocenters. The van der Waals surface area contributed by atoms with E-state index in [0.717, 1.165) is 10.6 Å². The van der Waals surface area contributed by atoms with Gasteiger partial charge in [-0.2, -0.15) is 5.10 Å². The van der Waals surface area contributed by atoms with Gasteiger partial charge in [0.05, 0.1) is 24.8 Å². The topological polar surface area (TPSA) is 88.1 Å². The van der Waals surface area contributed by atoms with Crippen LogP contribution in [0.2, 0.25) is 5.02 Å². The average Bonchev–Trinajstić information content (AvgIpc) is 2.61. The van der Waals surface area contributed by atoms with E-state index in [0.29, 0.717) is 28.6 Å². The molecule has 0 saturated carbocycles. The lowest BCUT2D eigenvalue weighted by Gasteiger charge is -2.21. The van der Waals surface area contributed by atoms with Crippen LogP contribution in [0.3, 0.4) is 0 Å². The number of sulfonamides is 1. The van der Waals surface area contributed by atoms with Crippen LogP contribution in [0, 0.1) is 0 Å². The third kappa shape index (κ3) is 6.26. The van der Waals surface area contributed by atoms with Crippen molar-refractivity contribution in [1.29, 1.82) is 0 Å². The minimum Gasteiger partial charge on any atom is -0.494 e. The second-order valence-corrected chi connectivity index (χ2v) is 7.83. The lowest BCUT2D eigenvalue weighted by Crippen LogP contribution is -2.39. The number of amides is 1. The van der Waals surface area contributed by atoms with Crippen LogP contribution in [0.25, 0.3) is 0 Å². The summed E-state index contributed by atoms with van der Waals surface area (Å²) in [4.78, 5) is 12.1. The number of hydrogen-bond acceptors (Lipinski definition) is 5. The molecule has 0 fully saturated rings. The Morgan fingerprint density at radius 2 is 1.89 bits per heavy atom. The smallest absolute Gasteiger partial charge is 0.260 e. The number of ether oxygens (including phenoxy) is 1. The summed E-state index contributed by atoms with van der Waals surface area (Å²) in [5.74, 6) is 0.0288. The van der Waals surface area contributed by atoms with Gasteiger partial charge in [-0.15, -0.1) is 0 Å². The molecule has 2 aromatic rings. The van der Waals surface area contributed by atoms with Crippen LogP contribution in [0.1, 0.15) is 12.5 Å². The van der Waals surface area contributed by atoms with Crippen molar-refractivity contribution in [3.63, 3.8) is 0 Å². The zero-order valence-corrected chi connectivity index (χ0v) is 16.5. The van der Waals surface area contributed by atoms with Crippen molar-refractivity contribution in [3.8, 4) is 5.75 Å². The number of halogens is 1. The van der Waals surface area contributed by atoms with Crippen LogP contribution < -0.4 is 14.5 Å². The van der Waals surface area contributed by atoms with Crippen LogP contribution >= 0.6 is 11.6 Å². The fourth-order valence-electron chi connectivity index (χ4n) is 2.19. The van der Waals surface area contributed by atoms with Gasteiger partial charge in [0.1, 0.15) is 12.3 Å². The number of anilines is 1. The molecule has 0 aliphatic rings. The van der Waals surface area contributed by atoms with Crippen LogP contribution in [-0.4, -0.2) is 39.9 Å². The highest BCUT2D eigenvalue weighted by molar-refractivity contribution is 7.92. The van der Waals surface area contributed by atoms with Crippen LogP contribution in [0.5, 0.6) is 5.75 Å². The number of hydrazone groups is 1. The van der Waals surface area contributed by atoms with E-state index in [-0.39, 0.29) is 0 Å². The molecule has 0 bridgehead atoms. The largest absolute Gasteiger partial charge is 0.494 e. The summed E-state index contributed by atoms with van der Waals surface area (Å²) >= 11 is 6.00. The molecule has 27 heavy (non-hydrogen) atoms. The molecule has 2 rings (SSSR count). The Balaban J connectivity index is 2.07. The van der Waals surface area contributed by atoms with Gasteiger partial charge >= 0.3 is 0 Å². The summed E-state index contributed by atoms with van der Waals surface area (Å²) in [6, 6.07) is 13.4. The van der Waals surface area contributed by atoms with Gasteiger partial charge in [-0.05, 0) is 37.3 Å². The highest BCUT2D eigenvalue weighted by Crippen LogP contribution is 2.21. The minimum atomic E-state index is -3.66. The first-order chi connectivity index (χ1) is 12.8. The SMILES string of the molecule is CCOc1ccc(N(CC(=O)N/N=C\c2ccccc2Cl)S(C)(=O)=O)cc1. The zero-order chi connectivity index (χ0) is 19.9. The molecule has 0 unspecified atom stereocenters. The lowest BCUT2D eigenvalue weighted by molar-refractivity contribution is -0.119. The third-order valence-corrected chi connectivity index (χ3v) is 4.91. The number of rotatable bonds is 8. The number of carbonyl (C=O) groups excluding carboxylic acids is 1.